The highest BCUT2D eigenvalue weighted by molar-refractivity contribution is 6.04. The number of anilines is 2. The van der Waals surface area contributed by atoms with Gasteiger partial charge in [0.15, 0.2) is 17.5 Å². The summed E-state index contributed by atoms with van der Waals surface area (Å²) in [5.41, 5.74) is -0.105. The maximum atomic E-state index is 14.0. The maximum absolute atomic E-state index is 14.0. The molecule has 19 heavy (non-hydrogen) atoms. The van der Waals surface area contributed by atoms with E-state index in [0.29, 0.717) is 12.3 Å². The molecule has 2 aromatic heterocycles. The fourth-order valence-electron chi connectivity index (χ4n) is 1.52. The third-order valence-electron chi connectivity index (χ3n) is 2.35. The van der Waals surface area contributed by atoms with Crippen molar-refractivity contribution in [3.05, 3.63) is 35.5 Å². The summed E-state index contributed by atoms with van der Waals surface area (Å²) in [7, 11) is 0. The molecule has 6 nitrogen and oxygen atoms in total. The van der Waals surface area contributed by atoms with E-state index in [2.05, 4.69) is 20.8 Å². The van der Waals surface area contributed by atoms with Crippen molar-refractivity contribution in [3.63, 3.8) is 0 Å². The van der Waals surface area contributed by atoms with Gasteiger partial charge in [0.2, 0.25) is 0 Å². The summed E-state index contributed by atoms with van der Waals surface area (Å²) in [6.45, 7) is 4.02. The molecule has 1 amide bonds. The Kier molecular flexibility index (Phi) is 3.74. The van der Waals surface area contributed by atoms with Gasteiger partial charge in [0.25, 0.3) is 5.91 Å². The Morgan fingerprint density at radius 2 is 2.32 bits per heavy atom. The average molecular weight is 264 g/mol. The number of halogens is 1. The lowest BCUT2D eigenvalue weighted by Gasteiger charge is -2.07. The Balaban J connectivity index is 2.21. The SMILES string of the molecule is CCNc1nccc(C(=O)Nc2cc(C)on2)c1F. The van der Waals surface area contributed by atoms with Crippen molar-refractivity contribution in [3.8, 4) is 0 Å². The van der Waals surface area contributed by atoms with Gasteiger partial charge >= 0.3 is 0 Å². The molecule has 2 N–H and O–H groups in total. The van der Waals surface area contributed by atoms with E-state index < -0.39 is 11.7 Å². The molecule has 0 saturated heterocycles. The molecule has 0 aromatic carbocycles. The van der Waals surface area contributed by atoms with Crippen LogP contribution in [0.25, 0.3) is 0 Å². The third kappa shape index (κ3) is 2.87. The lowest BCUT2D eigenvalue weighted by molar-refractivity contribution is 0.102. The first-order valence-electron chi connectivity index (χ1n) is 5.75. The molecule has 0 bridgehead atoms. The second-order valence-electron chi connectivity index (χ2n) is 3.83. The van der Waals surface area contributed by atoms with Crippen molar-refractivity contribution in [2.75, 3.05) is 17.2 Å². The van der Waals surface area contributed by atoms with Crippen molar-refractivity contribution in [1.29, 1.82) is 0 Å². The number of rotatable bonds is 4. The van der Waals surface area contributed by atoms with Crippen LogP contribution in [-0.4, -0.2) is 22.6 Å². The number of aryl methyl sites for hydroxylation is 1. The molecule has 2 aromatic rings. The number of aromatic nitrogens is 2. The van der Waals surface area contributed by atoms with E-state index in [0.717, 1.165) is 0 Å². The van der Waals surface area contributed by atoms with Gasteiger partial charge in [0, 0.05) is 18.8 Å². The van der Waals surface area contributed by atoms with E-state index in [1.54, 1.807) is 13.0 Å². The minimum absolute atomic E-state index is 0.0477. The minimum atomic E-state index is -0.693. The van der Waals surface area contributed by atoms with Crippen LogP contribution in [0.1, 0.15) is 23.0 Å². The molecule has 0 fully saturated rings. The molecule has 2 heterocycles. The summed E-state index contributed by atoms with van der Waals surface area (Å²) >= 11 is 0. The zero-order chi connectivity index (χ0) is 13.8. The van der Waals surface area contributed by atoms with Gasteiger partial charge in [-0.1, -0.05) is 5.16 Å². The van der Waals surface area contributed by atoms with E-state index >= 15 is 0 Å². The number of carbonyl (C=O) groups is 1. The van der Waals surface area contributed by atoms with E-state index in [9.17, 15) is 9.18 Å². The maximum Gasteiger partial charge on any atom is 0.260 e. The van der Waals surface area contributed by atoms with Crippen LogP contribution in [-0.2, 0) is 0 Å². The zero-order valence-corrected chi connectivity index (χ0v) is 10.5. The standard InChI is InChI=1S/C12H13FN4O2/c1-3-14-11-10(13)8(4-5-15-11)12(18)16-9-6-7(2)19-17-9/h4-6H,3H2,1-2H3,(H,14,15)(H,16,17,18). The monoisotopic (exact) mass is 264 g/mol. The molecule has 7 heteroatoms. The van der Waals surface area contributed by atoms with Crippen LogP contribution in [0, 0.1) is 12.7 Å². The normalized spacial score (nSPS) is 10.3. The van der Waals surface area contributed by atoms with E-state index in [1.165, 1.54) is 12.3 Å². The summed E-state index contributed by atoms with van der Waals surface area (Å²) in [5.74, 6) is -0.455. The van der Waals surface area contributed by atoms with Crippen LogP contribution in [0.15, 0.2) is 22.9 Å². The van der Waals surface area contributed by atoms with Crippen molar-refractivity contribution >= 4 is 17.5 Å². The summed E-state index contributed by atoms with van der Waals surface area (Å²) in [6.07, 6.45) is 1.37. The van der Waals surface area contributed by atoms with E-state index in [4.69, 9.17) is 4.52 Å². The van der Waals surface area contributed by atoms with Gasteiger partial charge in [0.05, 0.1) is 5.56 Å². The molecule has 0 aliphatic carbocycles. The Hall–Kier alpha value is -2.44. The van der Waals surface area contributed by atoms with Crippen molar-refractivity contribution in [2.24, 2.45) is 0 Å². The fourth-order valence-corrected chi connectivity index (χ4v) is 1.52. The largest absolute Gasteiger partial charge is 0.368 e. The van der Waals surface area contributed by atoms with Crippen LogP contribution in [0.2, 0.25) is 0 Å². The predicted molar refractivity (Wildman–Crippen MR) is 67.6 cm³/mol. The Bertz CT molecular complexity index is 597. The highest BCUT2D eigenvalue weighted by atomic mass is 19.1. The highest BCUT2D eigenvalue weighted by Crippen LogP contribution is 2.16. The topological polar surface area (TPSA) is 80.0 Å². The molecular formula is C12H13FN4O2. The van der Waals surface area contributed by atoms with Crippen LogP contribution in [0.4, 0.5) is 16.0 Å². The third-order valence-corrected chi connectivity index (χ3v) is 2.35. The zero-order valence-electron chi connectivity index (χ0n) is 10.5. The van der Waals surface area contributed by atoms with Gasteiger partial charge in [-0.25, -0.2) is 9.37 Å². The van der Waals surface area contributed by atoms with E-state index in [-0.39, 0.29) is 17.2 Å². The smallest absolute Gasteiger partial charge is 0.260 e. The summed E-state index contributed by atoms with van der Waals surface area (Å²) < 4.78 is 18.8. The van der Waals surface area contributed by atoms with Gasteiger partial charge < -0.3 is 15.2 Å². The molecular weight excluding hydrogens is 251 g/mol. The predicted octanol–water partition coefficient (Wildman–Crippen LogP) is 2.20. The molecule has 0 spiro atoms. The first-order chi connectivity index (χ1) is 9.11. The Morgan fingerprint density at radius 3 is 2.95 bits per heavy atom. The molecule has 0 atom stereocenters. The van der Waals surface area contributed by atoms with Crippen LogP contribution < -0.4 is 10.6 Å². The number of hydrogen-bond donors (Lipinski definition) is 2. The second-order valence-corrected chi connectivity index (χ2v) is 3.83. The van der Waals surface area contributed by atoms with Crippen molar-refractivity contribution in [2.45, 2.75) is 13.8 Å². The first-order valence-corrected chi connectivity index (χ1v) is 5.75. The summed E-state index contributed by atoms with van der Waals surface area (Å²) in [6, 6.07) is 2.85. The number of nitrogens with one attached hydrogen (secondary N) is 2. The second kappa shape index (κ2) is 5.47. The van der Waals surface area contributed by atoms with Crippen LogP contribution >= 0.6 is 0 Å². The molecule has 0 radical (unpaired) electrons. The average Bonchev–Trinajstić information content (AvgIpc) is 2.77. The van der Waals surface area contributed by atoms with E-state index in [1.807, 2.05) is 6.92 Å². The lowest BCUT2D eigenvalue weighted by Crippen LogP contribution is -2.15. The lowest BCUT2D eigenvalue weighted by atomic mass is 10.2. The summed E-state index contributed by atoms with van der Waals surface area (Å²) in [4.78, 5) is 15.7. The number of carbonyl (C=O) groups excluding carboxylic acids is 1. The number of pyridine rings is 1. The molecule has 0 saturated carbocycles. The minimum Gasteiger partial charge on any atom is -0.368 e. The number of amides is 1. The molecule has 0 unspecified atom stereocenters. The molecule has 2 rings (SSSR count). The van der Waals surface area contributed by atoms with Crippen LogP contribution in [0.5, 0.6) is 0 Å². The van der Waals surface area contributed by atoms with Gasteiger partial charge in [0.1, 0.15) is 5.76 Å². The fraction of sp³-hybridized carbons (Fsp3) is 0.250. The number of hydrogen-bond acceptors (Lipinski definition) is 5. The molecule has 100 valence electrons. The Morgan fingerprint density at radius 1 is 1.53 bits per heavy atom. The number of nitrogens with zero attached hydrogens (tertiary/aromatic N) is 2. The van der Waals surface area contributed by atoms with Gasteiger partial charge in [-0.3, -0.25) is 4.79 Å². The molecule has 0 aliphatic rings. The van der Waals surface area contributed by atoms with Crippen molar-refractivity contribution < 1.29 is 13.7 Å². The molecule has 0 aliphatic heterocycles. The Labute approximate surface area is 109 Å². The van der Waals surface area contributed by atoms with Crippen molar-refractivity contribution in [1.82, 2.24) is 10.1 Å². The van der Waals surface area contributed by atoms with Gasteiger partial charge in [-0.2, -0.15) is 0 Å². The first kappa shape index (κ1) is 13.0. The highest BCUT2D eigenvalue weighted by Gasteiger charge is 2.16. The van der Waals surface area contributed by atoms with Crippen LogP contribution in [0.3, 0.4) is 0 Å². The van der Waals surface area contributed by atoms with Gasteiger partial charge in [-0.15, -0.1) is 0 Å². The quantitative estimate of drug-likeness (QED) is 0.884. The summed E-state index contributed by atoms with van der Waals surface area (Å²) in [5, 5.41) is 8.80. The van der Waals surface area contributed by atoms with Gasteiger partial charge in [-0.05, 0) is 19.9 Å².